The van der Waals surface area contributed by atoms with Gasteiger partial charge in [-0.25, -0.2) is 9.07 Å². The van der Waals surface area contributed by atoms with Crippen LogP contribution in [0.5, 0.6) is 0 Å². The topological polar surface area (TPSA) is 50.2 Å². The van der Waals surface area contributed by atoms with Crippen LogP contribution in [0, 0.1) is 19.7 Å². The van der Waals surface area contributed by atoms with E-state index in [4.69, 9.17) is 0 Å². The largest absolute Gasteiger partial charge is 0.352 e. The first kappa shape index (κ1) is 17.6. The highest BCUT2D eigenvalue weighted by Crippen LogP contribution is 2.19. The van der Waals surface area contributed by atoms with Gasteiger partial charge in [0.15, 0.2) is 0 Å². The van der Waals surface area contributed by atoms with E-state index < -0.39 is 0 Å². The van der Waals surface area contributed by atoms with Gasteiger partial charge in [-0.2, -0.15) is 5.10 Å². The summed E-state index contributed by atoms with van der Waals surface area (Å²) in [6, 6.07) is 6.43. The molecule has 1 atom stereocenters. The van der Waals surface area contributed by atoms with Crippen LogP contribution in [0.1, 0.15) is 29.8 Å². The normalized spacial score (nSPS) is 18.3. The van der Waals surface area contributed by atoms with Crippen molar-refractivity contribution in [2.75, 3.05) is 20.1 Å². The van der Waals surface area contributed by atoms with Gasteiger partial charge in [-0.05, 0) is 64.5 Å². The predicted octanol–water partition coefficient (Wildman–Crippen LogP) is 2.38. The molecule has 1 aliphatic heterocycles. The van der Waals surface area contributed by atoms with Crippen LogP contribution in [0.3, 0.4) is 0 Å². The lowest BCUT2D eigenvalue weighted by Crippen LogP contribution is -2.46. The molecule has 1 fully saturated rings. The summed E-state index contributed by atoms with van der Waals surface area (Å²) >= 11 is 0. The van der Waals surface area contributed by atoms with Gasteiger partial charge in [-0.15, -0.1) is 0 Å². The molecule has 3 rings (SSSR count). The van der Waals surface area contributed by atoms with E-state index in [1.54, 1.807) is 16.8 Å². The van der Waals surface area contributed by atoms with Crippen LogP contribution in [-0.4, -0.2) is 46.8 Å². The lowest BCUT2D eigenvalue weighted by Gasteiger charge is -2.30. The summed E-state index contributed by atoms with van der Waals surface area (Å²) in [4.78, 5) is 14.7. The van der Waals surface area contributed by atoms with Crippen LogP contribution >= 0.6 is 0 Å². The van der Waals surface area contributed by atoms with Gasteiger partial charge in [0, 0.05) is 23.8 Å². The minimum atomic E-state index is -0.276. The van der Waals surface area contributed by atoms with Crippen LogP contribution in [0.25, 0.3) is 5.69 Å². The van der Waals surface area contributed by atoms with Gasteiger partial charge in [-0.1, -0.05) is 0 Å². The molecule has 2 aromatic rings. The summed E-state index contributed by atoms with van der Waals surface area (Å²) in [5, 5.41) is 7.67. The standard InChI is InChI=1S/C19H25FN4O/c1-13-18(11-19(25)21-16-5-4-10-23(3)12-16)14(2)24(22-13)17-8-6-15(20)7-9-17/h6-9,16H,4-5,10-12H2,1-3H3,(H,21,25). The van der Waals surface area contributed by atoms with Gasteiger partial charge < -0.3 is 10.2 Å². The number of nitrogens with one attached hydrogen (secondary N) is 1. The number of aromatic nitrogens is 2. The Labute approximate surface area is 147 Å². The van der Waals surface area contributed by atoms with E-state index in [0.717, 1.165) is 48.6 Å². The molecular weight excluding hydrogens is 319 g/mol. The number of halogens is 1. The average Bonchev–Trinajstić information content (AvgIpc) is 2.84. The fraction of sp³-hybridized carbons (Fsp3) is 0.474. The molecule has 1 aromatic carbocycles. The maximum Gasteiger partial charge on any atom is 0.224 e. The maximum absolute atomic E-state index is 13.1. The lowest BCUT2D eigenvalue weighted by atomic mass is 10.1. The molecule has 0 spiro atoms. The van der Waals surface area contributed by atoms with Crippen LogP contribution < -0.4 is 5.32 Å². The molecule has 1 amide bonds. The number of likely N-dealkylation sites (N-methyl/N-ethyl adjacent to an activating group) is 1. The van der Waals surface area contributed by atoms with E-state index in [9.17, 15) is 9.18 Å². The first-order chi connectivity index (χ1) is 11.9. The summed E-state index contributed by atoms with van der Waals surface area (Å²) in [5.74, 6) is -0.243. The van der Waals surface area contributed by atoms with Crippen molar-refractivity contribution in [1.82, 2.24) is 20.0 Å². The first-order valence-corrected chi connectivity index (χ1v) is 8.73. The van der Waals surface area contributed by atoms with Crippen LogP contribution in [0.4, 0.5) is 4.39 Å². The van der Waals surface area contributed by atoms with Gasteiger partial charge in [0.05, 0.1) is 17.8 Å². The van der Waals surface area contributed by atoms with E-state index >= 15 is 0 Å². The van der Waals surface area contributed by atoms with Crippen molar-refractivity contribution in [3.05, 3.63) is 47.0 Å². The highest BCUT2D eigenvalue weighted by atomic mass is 19.1. The second kappa shape index (κ2) is 7.35. The number of benzene rings is 1. The molecule has 0 saturated carbocycles. The number of piperidine rings is 1. The van der Waals surface area contributed by atoms with Crippen molar-refractivity contribution in [3.63, 3.8) is 0 Å². The molecule has 1 unspecified atom stereocenters. The van der Waals surface area contributed by atoms with Crippen molar-refractivity contribution < 1.29 is 9.18 Å². The fourth-order valence-corrected chi connectivity index (χ4v) is 3.49. The summed E-state index contributed by atoms with van der Waals surface area (Å²) in [7, 11) is 2.08. The van der Waals surface area contributed by atoms with Crippen LogP contribution in [0.15, 0.2) is 24.3 Å². The van der Waals surface area contributed by atoms with Crippen molar-refractivity contribution >= 4 is 5.91 Å². The van der Waals surface area contributed by atoms with Gasteiger partial charge in [0.2, 0.25) is 5.91 Å². The zero-order valence-electron chi connectivity index (χ0n) is 15.1. The summed E-state index contributed by atoms with van der Waals surface area (Å²) in [6.45, 7) is 5.85. The minimum Gasteiger partial charge on any atom is -0.352 e. The SMILES string of the molecule is Cc1nn(-c2ccc(F)cc2)c(C)c1CC(=O)NC1CCCN(C)C1. The first-order valence-electron chi connectivity index (χ1n) is 8.73. The van der Waals surface area contributed by atoms with E-state index in [1.807, 2.05) is 13.8 Å². The van der Waals surface area contributed by atoms with Crippen LogP contribution in [0.2, 0.25) is 0 Å². The molecule has 1 aromatic heterocycles. The Bertz CT molecular complexity index is 754. The number of rotatable bonds is 4. The molecule has 6 heteroatoms. The molecule has 25 heavy (non-hydrogen) atoms. The summed E-state index contributed by atoms with van der Waals surface area (Å²) in [5.41, 5.74) is 3.48. The quantitative estimate of drug-likeness (QED) is 0.926. The maximum atomic E-state index is 13.1. The molecule has 1 aliphatic rings. The smallest absolute Gasteiger partial charge is 0.224 e. The fourth-order valence-electron chi connectivity index (χ4n) is 3.49. The Morgan fingerprint density at radius 3 is 2.72 bits per heavy atom. The number of hydrogen-bond acceptors (Lipinski definition) is 3. The Morgan fingerprint density at radius 1 is 1.32 bits per heavy atom. The monoisotopic (exact) mass is 344 g/mol. The van der Waals surface area contributed by atoms with Gasteiger partial charge in [0.1, 0.15) is 5.82 Å². The number of carbonyl (C=O) groups is 1. The molecule has 0 radical (unpaired) electrons. The number of hydrogen-bond donors (Lipinski definition) is 1. The third-order valence-electron chi connectivity index (χ3n) is 4.84. The average molecular weight is 344 g/mol. The minimum absolute atomic E-state index is 0.0326. The second-order valence-electron chi connectivity index (χ2n) is 6.88. The molecule has 1 saturated heterocycles. The van der Waals surface area contributed by atoms with E-state index in [-0.39, 0.29) is 17.8 Å². The van der Waals surface area contributed by atoms with E-state index in [1.165, 1.54) is 12.1 Å². The van der Waals surface area contributed by atoms with Gasteiger partial charge >= 0.3 is 0 Å². The Kier molecular flexibility index (Phi) is 5.18. The highest BCUT2D eigenvalue weighted by molar-refractivity contribution is 5.79. The molecular formula is C19H25FN4O. The van der Waals surface area contributed by atoms with E-state index in [0.29, 0.717) is 6.42 Å². The van der Waals surface area contributed by atoms with Gasteiger partial charge in [0.25, 0.3) is 0 Å². The second-order valence-corrected chi connectivity index (χ2v) is 6.88. The third-order valence-corrected chi connectivity index (χ3v) is 4.84. The Morgan fingerprint density at radius 2 is 2.04 bits per heavy atom. The molecule has 2 heterocycles. The lowest BCUT2D eigenvalue weighted by molar-refractivity contribution is -0.121. The molecule has 5 nitrogen and oxygen atoms in total. The molecule has 0 bridgehead atoms. The predicted molar refractivity (Wildman–Crippen MR) is 95.4 cm³/mol. The van der Waals surface area contributed by atoms with Crippen LogP contribution in [-0.2, 0) is 11.2 Å². The van der Waals surface area contributed by atoms with Gasteiger partial charge in [-0.3, -0.25) is 4.79 Å². The summed E-state index contributed by atoms with van der Waals surface area (Å²) < 4.78 is 14.9. The zero-order valence-corrected chi connectivity index (χ0v) is 15.1. The van der Waals surface area contributed by atoms with Crippen molar-refractivity contribution in [2.45, 2.75) is 39.2 Å². The number of carbonyl (C=O) groups excluding carboxylic acids is 1. The highest BCUT2D eigenvalue weighted by Gasteiger charge is 2.21. The van der Waals surface area contributed by atoms with Crippen molar-refractivity contribution in [3.8, 4) is 5.69 Å². The number of aryl methyl sites for hydroxylation is 1. The molecule has 134 valence electrons. The Hall–Kier alpha value is -2.21. The Balaban J connectivity index is 1.72. The van der Waals surface area contributed by atoms with Crippen molar-refractivity contribution in [2.24, 2.45) is 0 Å². The number of amides is 1. The third kappa shape index (κ3) is 4.07. The number of likely N-dealkylation sites (tertiary alicyclic amines) is 1. The van der Waals surface area contributed by atoms with E-state index in [2.05, 4.69) is 22.4 Å². The zero-order chi connectivity index (χ0) is 18.0. The molecule has 1 N–H and O–H groups in total. The number of nitrogens with zero attached hydrogens (tertiary/aromatic N) is 3. The molecule has 0 aliphatic carbocycles. The van der Waals surface area contributed by atoms with Crippen molar-refractivity contribution in [1.29, 1.82) is 0 Å². The summed E-state index contributed by atoms with van der Waals surface area (Å²) in [6.07, 6.45) is 2.46.